The molecule has 1 aliphatic carbocycles. The number of aromatic nitrogens is 2. The number of amides is 1. The molecular formula is C18H30N4O. The lowest BCUT2D eigenvalue weighted by Gasteiger charge is -2.33. The summed E-state index contributed by atoms with van der Waals surface area (Å²) < 4.78 is 1.96. The summed E-state index contributed by atoms with van der Waals surface area (Å²) >= 11 is 0. The number of piperidine rings is 1. The van der Waals surface area contributed by atoms with Crippen LogP contribution in [0.1, 0.15) is 57.4 Å². The first-order valence-corrected chi connectivity index (χ1v) is 9.28. The van der Waals surface area contributed by atoms with Crippen molar-refractivity contribution in [1.82, 2.24) is 20.0 Å². The van der Waals surface area contributed by atoms with E-state index in [1.54, 1.807) is 0 Å². The normalized spacial score (nSPS) is 23.8. The van der Waals surface area contributed by atoms with E-state index in [0.717, 1.165) is 39.0 Å². The summed E-state index contributed by atoms with van der Waals surface area (Å²) in [7, 11) is 0. The molecule has 5 heteroatoms. The van der Waals surface area contributed by atoms with Crippen molar-refractivity contribution < 1.29 is 4.79 Å². The summed E-state index contributed by atoms with van der Waals surface area (Å²) in [4.78, 5) is 15.0. The van der Waals surface area contributed by atoms with Crippen LogP contribution in [0.15, 0.2) is 12.4 Å². The van der Waals surface area contributed by atoms with E-state index < -0.39 is 0 Å². The Balaban J connectivity index is 1.49. The number of rotatable bonds is 5. The molecular weight excluding hydrogens is 288 g/mol. The van der Waals surface area contributed by atoms with Gasteiger partial charge in [0.1, 0.15) is 0 Å². The number of carbonyl (C=O) groups excluding carboxylic acids is 1. The second kappa shape index (κ2) is 7.95. The minimum absolute atomic E-state index is 0.159. The van der Waals surface area contributed by atoms with Gasteiger partial charge >= 0.3 is 0 Å². The fourth-order valence-electron chi connectivity index (χ4n) is 3.90. The van der Waals surface area contributed by atoms with Crippen LogP contribution in [0.2, 0.25) is 0 Å². The Morgan fingerprint density at radius 1 is 1.26 bits per heavy atom. The van der Waals surface area contributed by atoms with E-state index in [1.165, 1.54) is 37.7 Å². The van der Waals surface area contributed by atoms with E-state index in [-0.39, 0.29) is 11.8 Å². The quantitative estimate of drug-likeness (QED) is 0.908. The maximum absolute atomic E-state index is 12.6. The van der Waals surface area contributed by atoms with Gasteiger partial charge in [0.25, 0.3) is 0 Å². The molecule has 1 atom stereocenters. The van der Waals surface area contributed by atoms with Gasteiger partial charge in [-0.15, -0.1) is 0 Å². The van der Waals surface area contributed by atoms with Crippen molar-refractivity contribution in [2.75, 3.05) is 13.1 Å². The third-order valence-electron chi connectivity index (χ3n) is 5.24. The summed E-state index contributed by atoms with van der Waals surface area (Å²) in [6, 6.07) is 0.425. The molecule has 2 aliphatic rings. The molecule has 2 heterocycles. The van der Waals surface area contributed by atoms with E-state index >= 15 is 0 Å². The third-order valence-corrected chi connectivity index (χ3v) is 5.24. The topological polar surface area (TPSA) is 50.2 Å². The Morgan fingerprint density at radius 3 is 2.83 bits per heavy atom. The first kappa shape index (κ1) is 16.5. The second-order valence-corrected chi connectivity index (χ2v) is 7.12. The molecule has 1 saturated heterocycles. The highest BCUT2D eigenvalue weighted by molar-refractivity contribution is 5.79. The van der Waals surface area contributed by atoms with Crippen LogP contribution in [0.25, 0.3) is 0 Å². The molecule has 2 fully saturated rings. The Labute approximate surface area is 139 Å². The predicted molar refractivity (Wildman–Crippen MR) is 90.9 cm³/mol. The van der Waals surface area contributed by atoms with Crippen LogP contribution < -0.4 is 5.32 Å². The average molecular weight is 318 g/mol. The van der Waals surface area contributed by atoms with E-state index in [4.69, 9.17) is 0 Å². The van der Waals surface area contributed by atoms with Crippen molar-refractivity contribution in [3.63, 3.8) is 0 Å². The van der Waals surface area contributed by atoms with Gasteiger partial charge in [0, 0.05) is 37.4 Å². The van der Waals surface area contributed by atoms with Crippen LogP contribution in [0.4, 0.5) is 0 Å². The Morgan fingerprint density at radius 2 is 2.09 bits per heavy atom. The van der Waals surface area contributed by atoms with Gasteiger partial charge in [-0.3, -0.25) is 14.4 Å². The average Bonchev–Trinajstić information content (AvgIpc) is 3.03. The van der Waals surface area contributed by atoms with Gasteiger partial charge in [-0.2, -0.15) is 5.10 Å². The number of nitrogens with one attached hydrogen (secondary N) is 1. The standard InChI is InChI=1S/C18H30N4O/c1-2-22-13-15(11-19-22)12-21-10-6-7-16(14-21)18(23)20-17-8-4-3-5-9-17/h11,13,16-17H,2-10,12,14H2,1H3,(H,20,23). The predicted octanol–water partition coefficient (Wildman–Crippen LogP) is 2.56. The Hall–Kier alpha value is -1.36. The zero-order valence-corrected chi connectivity index (χ0v) is 14.3. The maximum Gasteiger partial charge on any atom is 0.224 e. The zero-order chi connectivity index (χ0) is 16.1. The molecule has 1 aromatic rings. The lowest BCUT2D eigenvalue weighted by Crippen LogP contribution is -2.46. The van der Waals surface area contributed by atoms with Crippen LogP contribution in [0.5, 0.6) is 0 Å². The van der Waals surface area contributed by atoms with Crippen molar-refractivity contribution in [3.05, 3.63) is 18.0 Å². The SMILES string of the molecule is CCn1cc(CN2CCCC(C(=O)NC3CCCCC3)C2)cn1. The first-order chi connectivity index (χ1) is 11.2. The summed E-state index contributed by atoms with van der Waals surface area (Å²) in [6.07, 6.45) is 12.4. The largest absolute Gasteiger partial charge is 0.353 e. The van der Waals surface area contributed by atoms with Crippen LogP contribution >= 0.6 is 0 Å². The summed E-state index contributed by atoms with van der Waals surface area (Å²) in [5.74, 6) is 0.442. The Kier molecular flexibility index (Phi) is 5.70. The van der Waals surface area contributed by atoms with Gasteiger partial charge in [-0.1, -0.05) is 19.3 Å². The molecule has 3 rings (SSSR count). The number of nitrogens with zero attached hydrogens (tertiary/aromatic N) is 3. The monoisotopic (exact) mass is 318 g/mol. The van der Waals surface area contributed by atoms with Gasteiger partial charge in [0.15, 0.2) is 0 Å². The van der Waals surface area contributed by atoms with Crippen molar-refractivity contribution in [2.24, 2.45) is 5.92 Å². The molecule has 0 bridgehead atoms. The third kappa shape index (κ3) is 4.56. The number of aryl methyl sites for hydroxylation is 1. The van der Waals surface area contributed by atoms with Gasteiger partial charge in [0.2, 0.25) is 5.91 Å². The molecule has 0 aromatic carbocycles. The van der Waals surface area contributed by atoms with E-state index in [2.05, 4.69) is 28.4 Å². The second-order valence-electron chi connectivity index (χ2n) is 7.12. The van der Waals surface area contributed by atoms with Crippen molar-refractivity contribution in [2.45, 2.75) is 71.0 Å². The zero-order valence-electron chi connectivity index (χ0n) is 14.3. The van der Waals surface area contributed by atoms with Crippen molar-refractivity contribution >= 4 is 5.91 Å². The van der Waals surface area contributed by atoms with Crippen LogP contribution in [-0.4, -0.2) is 39.7 Å². The Bertz CT molecular complexity index is 507. The highest BCUT2D eigenvalue weighted by Gasteiger charge is 2.27. The minimum atomic E-state index is 0.159. The molecule has 0 radical (unpaired) electrons. The number of hydrogen-bond donors (Lipinski definition) is 1. The first-order valence-electron chi connectivity index (χ1n) is 9.28. The summed E-state index contributed by atoms with van der Waals surface area (Å²) in [5.41, 5.74) is 1.25. The molecule has 1 saturated carbocycles. The van der Waals surface area contributed by atoms with Crippen molar-refractivity contribution in [1.29, 1.82) is 0 Å². The smallest absolute Gasteiger partial charge is 0.224 e. The fraction of sp³-hybridized carbons (Fsp3) is 0.778. The lowest BCUT2D eigenvalue weighted by molar-refractivity contribution is -0.127. The maximum atomic E-state index is 12.6. The molecule has 1 unspecified atom stereocenters. The summed E-state index contributed by atoms with van der Waals surface area (Å²) in [6.45, 7) is 5.89. The molecule has 1 aromatic heterocycles. The van der Waals surface area contributed by atoms with E-state index in [0.29, 0.717) is 6.04 Å². The highest BCUT2D eigenvalue weighted by Crippen LogP contribution is 2.21. The summed E-state index contributed by atoms with van der Waals surface area (Å²) in [5, 5.41) is 7.65. The van der Waals surface area contributed by atoms with Gasteiger partial charge in [-0.25, -0.2) is 0 Å². The molecule has 0 spiro atoms. The van der Waals surface area contributed by atoms with Crippen LogP contribution in [0.3, 0.4) is 0 Å². The molecule has 1 aliphatic heterocycles. The molecule has 23 heavy (non-hydrogen) atoms. The van der Waals surface area contributed by atoms with Crippen LogP contribution in [-0.2, 0) is 17.9 Å². The van der Waals surface area contributed by atoms with Gasteiger partial charge in [-0.05, 0) is 39.2 Å². The fourth-order valence-corrected chi connectivity index (χ4v) is 3.90. The highest BCUT2D eigenvalue weighted by atomic mass is 16.2. The van der Waals surface area contributed by atoms with Gasteiger partial charge in [0.05, 0.1) is 12.1 Å². The number of carbonyl (C=O) groups is 1. The van der Waals surface area contributed by atoms with Crippen LogP contribution in [0, 0.1) is 5.92 Å². The number of hydrogen-bond acceptors (Lipinski definition) is 3. The van der Waals surface area contributed by atoms with E-state index in [9.17, 15) is 4.79 Å². The lowest BCUT2D eigenvalue weighted by atomic mass is 9.93. The molecule has 1 N–H and O–H groups in total. The molecule has 1 amide bonds. The van der Waals surface area contributed by atoms with Gasteiger partial charge < -0.3 is 5.32 Å². The van der Waals surface area contributed by atoms with E-state index in [1.807, 2.05) is 10.9 Å². The molecule has 5 nitrogen and oxygen atoms in total. The number of likely N-dealkylation sites (tertiary alicyclic amines) is 1. The van der Waals surface area contributed by atoms with Crippen molar-refractivity contribution in [3.8, 4) is 0 Å². The molecule has 128 valence electrons. The minimum Gasteiger partial charge on any atom is -0.353 e.